The molecule has 12 heteroatoms. The summed E-state index contributed by atoms with van der Waals surface area (Å²) in [5.41, 5.74) is 4.43. The van der Waals surface area contributed by atoms with E-state index in [0.717, 1.165) is 48.7 Å². The second kappa shape index (κ2) is 14.4. The van der Waals surface area contributed by atoms with Crippen molar-refractivity contribution in [2.75, 3.05) is 36.5 Å². The standard InChI is InChI=1S/C38H43F2IN6O3/c1-22(2)34(44-38(49)50-3)37(48)46-16-7-10-32(46)36-42-29-12-11-24(18-30(29)43-36)31-13-14-33(41)47(31)26-19-27(39)35(28(40)20-26)45-17-15-25(21-45)23-8-5-4-6-9-23/h4-6,8-9,11-12,18-20,22,25,31-34H,7,10,13-17,21H2,1-3H3,(H,42,43)(H,44,49)/t25?,31-,32+,33-,34+/m1/s1. The molecular formula is C38H43F2IN6O3. The van der Waals surface area contributed by atoms with Crippen molar-refractivity contribution in [2.45, 2.75) is 74.0 Å². The van der Waals surface area contributed by atoms with E-state index in [1.54, 1.807) is 4.90 Å². The molecule has 7 rings (SSSR count). The average molecular weight is 797 g/mol. The Morgan fingerprint density at radius 2 is 1.72 bits per heavy atom. The molecule has 2 N–H and O–H groups in total. The first-order valence-corrected chi connectivity index (χ1v) is 18.7. The highest BCUT2D eigenvalue weighted by molar-refractivity contribution is 14.1. The zero-order valence-electron chi connectivity index (χ0n) is 28.5. The van der Waals surface area contributed by atoms with Crippen LogP contribution in [-0.2, 0) is 9.53 Å². The Bertz CT molecular complexity index is 1850. The molecule has 50 heavy (non-hydrogen) atoms. The Labute approximate surface area is 304 Å². The number of nitrogens with zero attached hydrogens (tertiary/aromatic N) is 4. The zero-order valence-corrected chi connectivity index (χ0v) is 30.7. The van der Waals surface area contributed by atoms with Crippen LogP contribution in [0.15, 0.2) is 60.7 Å². The number of hydrogen-bond donors (Lipinski definition) is 2. The molecule has 1 aromatic heterocycles. The molecule has 3 aliphatic rings. The third-order valence-corrected chi connectivity index (χ3v) is 11.8. The maximum atomic E-state index is 15.8. The molecule has 5 atom stereocenters. The van der Waals surface area contributed by atoms with Crippen molar-refractivity contribution in [1.29, 1.82) is 0 Å². The van der Waals surface area contributed by atoms with Crippen LogP contribution >= 0.6 is 22.6 Å². The summed E-state index contributed by atoms with van der Waals surface area (Å²) in [4.78, 5) is 39.8. The van der Waals surface area contributed by atoms with Crippen LogP contribution in [0, 0.1) is 17.6 Å². The van der Waals surface area contributed by atoms with E-state index >= 15 is 8.78 Å². The second-order valence-electron chi connectivity index (χ2n) is 14.0. The predicted octanol–water partition coefficient (Wildman–Crippen LogP) is 7.98. The van der Waals surface area contributed by atoms with Gasteiger partial charge in [-0.1, -0.05) is 72.8 Å². The lowest BCUT2D eigenvalue weighted by molar-refractivity contribution is -0.135. The summed E-state index contributed by atoms with van der Waals surface area (Å²) in [6.07, 6.45) is 3.51. The van der Waals surface area contributed by atoms with Gasteiger partial charge in [0.05, 0.1) is 34.3 Å². The number of amides is 2. The monoisotopic (exact) mass is 796 g/mol. The summed E-state index contributed by atoms with van der Waals surface area (Å²) in [5.74, 6) is -0.404. The summed E-state index contributed by atoms with van der Waals surface area (Å²) in [5, 5.41) is 2.70. The SMILES string of the molecule is COC(=O)N[C@H](C(=O)N1CCC[C@H]1c1nc2cc([C@H]3CC[C@H](I)N3c3cc(F)c(N4CCC(c5ccccc5)C4)c(F)c3)ccc2[nH]1)C(C)C. The number of halogens is 3. The highest BCUT2D eigenvalue weighted by atomic mass is 127. The molecular weight excluding hydrogens is 753 g/mol. The number of imidazole rings is 1. The van der Waals surface area contributed by atoms with Crippen LogP contribution in [0.2, 0.25) is 0 Å². The number of likely N-dealkylation sites (tertiary alicyclic amines) is 1. The highest BCUT2D eigenvalue weighted by Gasteiger charge is 2.39. The fourth-order valence-electron chi connectivity index (χ4n) is 8.00. The number of fused-ring (bicyclic) bond motifs is 1. The zero-order chi connectivity index (χ0) is 35.1. The van der Waals surface area contributed by atoms with Gasteiger partial charge in [-0.15, -0.1) is 0 Å². The van der Waals surface area contributed by atoms with Gasteiger partial charge >= 0.3 is 6.09 Å². The Kier molecular flexibility index (Phi) is 9.91. The normalized spacial score (nSPS) is 22.9. The van der Waals surface area contributed by atoms with Crippen LogP contribution in [0.3, 0.4) is 0 Å². The van der Waals surface area contributed by atoms with Crippen molar-refractivity contribution in [3.63, 3.8) is 0 Å². The maximum absolute atomic E-state index is 15.8. The van der Waals surface area contributed by atoms with Crippen LogP contribution < -0.4 is 15.1 Å². The number of H-pyrrole nitrogens is 1. The second-order valence-corrected chi connectivity index (χ2v) is 15.4. The topological polar surface area (TPSA) is 93.8 Å². The van der Waals surface area contributed by atoms with Crippen LogP contribution in [0.1, 0.15) is 80.9 Å². The fourth-order valence-corrected chi connectivity index (χ4v) is 9.07. The van der Waals surface area contributed by atoms with Gasteiger partial charge in [0.2, 0.25) is 5.91 Å². The number of carbonyl (C=O) groups excluding carboxylic acids is 2. The lowest BCUT2D eigenvalue weighted by Gasteiger charge is -2.31. The number of nitrogens with one attached hydrogen (secondary N) is 2. The molecule has 0 spiro atoms. The Balaban J connectivity index is 1.11. The largest absolute Gasteiger partial charge is 0.453 e. The summed E-state index contributed by atoms with van der Waals surface area (Å²) < 4.78 is 36.5. The molecule has 1 unspecified atom stereocenters. The molecule has 3 saturated heterocycles. The van der Waals surface area contributed by atoms with E-state index in [2.05, 4.69) is 56.0 Å². The van der Waals surface area contributed by atoms with Crippen molar-refractivity contribution in [3.8, 4) is 0 Å². The van der Waals surface area contributed by atoms with Crippen LogP contribution in [0.25, 0.3) is 11.0 Å². The number of alkyl halides is 1. The Hall–Kier alpha value is -3.94. The van der Waals surface area contributed by atoms with Crippen molar-refractivity contribution in [2.24, 2.45) is 5.92 Å². The van der Waals surface area contributed by atoms with E-state index in [9.17, 15) is 9.59 Å². The lowest BCUT2D eigenvalue weighted by atomic mass is 9.99. The number of anilines is 2. The van der Waals surface area contributed by atoms with Crippen molar-refractivity contribution in [3.05, 3.63) is 89.2 Å². The predicted molar refractivity (Wildman–Crippen MR) is 199 cm³/mol. The smallest absolute Gasteiger partial charge is 0.407 e. The van der Waals surface area contributed by atoms with E-state index < -0.39 is 23.8 Å². The first-order chi connectivity index (χ1) is 24.1. The third kappa shape index (κ3) is 6.62. The van der Waals surface area contributed by atoms with Crippen LogP contribution in [-0.4, -0.2) is 63.7 Å². The minimum absolute atomic E-state index is 0.0543. The first kappa shape index (κ1) is 34.5. The van der Waals surface area contributed by atoms with Gasteiger partial charge < -0.3 is 29.7 Å². The van der Waals surface area contributed by atoms with Gasteiger partial charge in [0.1, 0.15) is 17.6 Å². The quantitative estimate of drug-likeness (QED) is 0.107. The number of alkyl carbamates (subject to hydrolysis) is 1. The maximum Gasteiger partial charge on any atom is 0.407 e. The first-order valence-electron chi connectivity index (χ1n) is 17.5. The summed E-state index contributed by atoms with van der Waals surface area (Å²) in [6.45, 7) is 5.55. The lowest BCUT2D eigenvalue weighted by Crippen LogP contribution is -2.51. The van der Waals surface area contributed by atoms with Gasteiger partial charge in [0.25, 0.3) is 0 Å². The van der Waals surface area contributed by atoms with Gasteiger partial charge in [0, 0.05) is 31.2 Å². The summed E-state index contributed by atoms with van der Waals surface area (Å²) in [7, 11) is 1.28. The molecule has 0 saturated carbocycles. The molecule has 2 amide bonds. The summed E-state index contributed by atoms with van der Waals surface area (Å²) >= 11 is 2.37. The molecule has 4 aromatic rings. The molecule has 0 radical (unpaired) electrons. The molecule has 3 aromatic carbocycles. The third-order valence-electron chi connectivity index (χ3n) is 10.5. The molecule has 4 heterocycles. The van der Waals surface area contributed by atoms with E-state index in [4.69, 9.17) is 9.72 Å². The molecule has 264 valence electrons. The fraction of sp³-hybridized carbons (Fsp3) is 0.447. The number of hydrogen-bond acceptors (Lipinski definition) is 6. The Morgan fingerprint density at radius 1 is 0.960 bits per heavy atom. The number of aromatic amines is 1. The molecule has 9 nitrogen and oxygen atoms in total. The van der Waals surface area contributed by atoms with Crippen LogP contribution in [0.5, 0.6) is 0 Å². The van der Waals surface area contributed by atoms with Gasteiger partial charge in [-0.3, -0.25) is 4.79 Å². The summed E-state index contributed by atoms with van der Waals surface area (Å²) in [6, 6.07) is 18.2. The Morgan fingerprint density at radius 3 is 2.44 bits per heavy atom. The van der Waals surface area contributed by atoms with E-state index in [1.807, 2.05) is 49.1 Å². The van der Waals surface area contributed by atoms with Crippen molar-refractivity contribution >= 4 is 57.0 Å². The number of carbonyl (C=O) groups is 2. The molecule has 3 fully saturated rings. The van der Waals surface area contributed by atoms with E-state index in [1.165, 1.54) is 24.8 Å². The highest BCUT2D eigenvalue weighted by Crippen LogP contribution is 2.45. The van der Waals surface area contributed by atoms with E-state index in [-0.39, 0.29) is 39.6 Å². The van der Waals surface area contributed by atoms with Gasteiger partial charge in [-0.25, -0.2) is 18.6 Å². The van der Waals surface area contributed by atoms with Crippen LogP contribution in [0.4, 0.5) is 25.0 Å². The minimum Gasteiger partial charge on any atom is -0.453 e. The van der Waals surface area contributed by atoms with Gasteiger partial charge in [-0.2, -0.15) is 0 Å². The number of aromatic nitrogens is 2. The average Bonchev–Trinajstić information content (AvgIpc) is 3.92. The number of methoxy groups -OCH3 is 1. The van der Waals surface area contributed by atoms with Crippen molar-refractivity contribution < 1.29 is 23.1 Å². The van der Waals surface area contributed by atoms with Gasteiger partial charge in [0.15, 0.2) is 11.6 Å². The van der Waals surface area contributed by atoms with E-state index in [0.29, 0.717) is 31.1 Å². The number of benzene rings is 3. The number of rotatable bonds is 8. The molecule has 0 aliphatic carbocycles. The minimum atomic E-state index is -0.709. The van der Waals surface area contributed by atoms with Gasteiger partial charge in [-0.05, 0) is 73.4 Å². The number of ether oxygens (including phenoxy) is 1. The van der Waals surface area contributed by atoms with Crippen molar-refractivity contribution in [1.82, 2.24) is 20.2 Å². The molecule has 3 aliphatic heterocycles. The molecule has 0 bridgehead atoms.